The van der Waals surface area contributed by atoms with Crippen LogP contribution in [0.2, 0.25) is 0 Å². The van der Waals surface area contributed by atoms with Crippen LogP contribution in [-0.2, 0) is 14.3 Å². The molecule has 5 nitrogen and oxygen atoms in total. The first-order valence-electron chi connectivity index (χ1n) is 7.34. The SMILES string of the molecule is CCC(CC)NC(=O)COC(=O)[C@H](C)Oc1ccc(Br)cc1. The molecule has 0 fully saturated rings. The Morgan fingerprint density at radius 3 is 2.32 bits per heavy atom. The first kappa shape index (κ1) is 18.5. The predicted octanol–water partition coefficient (Wildman–Crippen LogP) is 3.06. The molecule has 0 aliphatic rings. The van der Waals surface area contributed by atoms with E-state index < -0.39 is 12.1 Å². The summed E-state index contributed by atoms with van der Waals surface area (Å²) in [6.45, 7) is 5.29. The van der Waals surface area contributed by atoms with Crippen LogP contribution in [0.15, 0.2) is 28.7 Å². The highest BCUT2D eigenvalue weighted by molar-refractivity contribution is 9.10. The van der Waals surface area contributed by atoms with E-state index >= 15 is 0 Å². The number of amides is 1. The zero-order chi connectivity index (χ0) is 16.5. The molecule has 0 aliphatic heterocycles. The first-order valence-corrected chi connectivity index (χ1v) is 8.13. The van der Waals surface area contributed by atoms with E-state index in [0.29, 0.717) is 5.75 Å². The number of carbonyl (C=O) groups excluding carboxylic acids is 2. The number of carbonyl (C=O) groups is 2. The molecule has 0 spiro atoms. The molecule has 1 amide bonds. The van der Waals surface area contributed by atoms with Gasteiger partial charge in [-0.15, -0.1) is 0 Å². The number of rotatable bonds is 8. The van der Waals surface area contributed by atoms with Crippen molar-refractivity contribution in [2.75, 3.05) is 6.61 Å². The highest BCUT2D eigenvalue weighted by atomic mass is 79.9. The Balaban J connectivity index is 2.37. The van der Waals surface area contributed by atoms with Crippen molar-refractivity contribution in [3.63, 3.8) is 0 Å². The third kappa shape index (κ3) is 6.47. The highest BCUT2D eigenvalue weighted by Crippen LogP contribution is 2.17. The Labute approximate surface area is 139 Å². The number of nitrogens with one attached hydrogen (secondary N) is 1. The van der Waals surface area contributed by atoms with Crippen LogP contribution in [0, 0.1) is 0 Å². The van der Waals surface area contributed by atoms with Gasteiger partial charge in [-0.1, -0.05) is 29.8 Å². The maximum absolute atomic E-state index is 11.8. The van der Waals surface area contributed by atoms with Gasteiger partial charge in [0, 0.05) is 10.5 Å². The van der Waals surface area contributed by atoms with Gasteiger partial charge in [-0.05, 0) is 44.0 Å². The number of esters is 1. The minimum atomic E-state index is -0.776. The maximum atomic E-state index is 11.8. The van der Waals surface area contributed by atoms with Gasteiger partial charge in [0.1, 0.15) is 5.75 Å². The third-order valence-electron chi connectivity index (χ3n) is 3.15. The summed E-state index contributed by atoms with van der Waals surface area (Å²) in [5.74, 6) is -0.297. The van der Waals surface area contributed by atoms with Gasteiger partial charge in [0.05, 0.1) is 0 Å². The molecule has 0 saturated heterocycles. The quantitative estimate of drug-likeness (QED) is 0.713. The molecular formula is C16H22BrNO4. The van der Waals surface area contributed by atoms with Gasteiger partial charge >= 0.3 is 5.97 Å². The predicted molar refractivity (Wildman–Crippen MR) is 87.7 cm³/mol. The van der Waals surface area contributed by atoms with Gasteiger partial charge in [0.2, 0.25) is 0 Å². The van der Waals surface area contributed by atoms with Gasteiger partial charge in [-0.2, -0.15) is 0 Å². The van der Waals surface area contributed by atoms with E-state index in [4.69, 9.17) is 9.47 Å². The summed E-state index contributed by atoms with van der Waals surface area (Å²) in [7, 11) is 0. The van der Waals surface area contributed by atoms with Gasteiger partial charge in [-0.3, -0.25) is 4.79 Å². The molecule has 0 aromatic heterocycles. The summed E-state index contributed by atoms with van der Waals surface area (Å²) in [6, 6.07) is 7.23. The third-order valence-corrected chi connectivity index (χ3v) is 3.68. The Morgan fingerprint density at radius 1 is 1.18 bits per heavy atom. The second-order valence-corrected chi connectivity index (χ2v) is 5.82. The second kappa shape index (κ2) is 9.46. The molecule has 22 heavy (non-hydrogen) atoms. The summed E-state index contributed by atoms with van der Waals surface area (Å²) in [5, 5.41) is 2.80. The fourth-order valence-corrected chi connectivity index (χ4v) is 2.05. The summed E-state index contributed by atoms with van der Waals surface area (Å²) in [4.78, 5) is 23.5. The van der Waals surface area contributed by atoms with Crippen molar-refractivity contribution < 1.29 is 19.1 Å². The maximum Gasteiger partial charge on any atom is 0.347 e. The molecule has 0 heterocycles. The second-order valence-electron chi connectivity index (χ2n) is 4.90. The largest absolute Gasteiger partial charge is 0.479 e. The van der Waals surface area contributed by atoms with Crippen molar-refractivity contribution >= 4 is 27.8 Å². The number of benzene rings is 1. The van der Waals surface area contributed by atoms with Gasteiger partial charge in [0.25, 0.3) is 5.91 Å². The van der Waals surface area contributed by atoms with Crippen LogP contribution < -0.4 is 10.1 Å². The van der Waals surface area contributed by atoms with Crippen LogP contribution in [-0.4, -0.2) is 30.6 Å². The first-order chi connectivity index (χ1) is 10.5. The van der Waals surface area contributed by atoms with E-state index in [-0.39, 0.29) is 18.6 Å². The summed E-state index contributed by atoms with van der Waals surface area (Å²) < 4.78 is 11.4. The highest BCUT2D eigenvalue weighted by Gasteiger charge is 2.18. The number of ether oxygens (including phenoxy) is 2. The van der Waals surface area contributed by atoms with Crippen LogP contribution in [0.3, 0.4) is 0 Å². The molecule has 0 aliphatic carbocycles. The zero-order valence-corrected chi connectivity index (χ0v) is 14.7. The van der Waals surface area contributed by atoms with Gasteiger partial charge in [0.15, 0.2) is 12.7 Å². The zero-order valence-electron chi connectivity index (χ0n) is 13.1. The number of hydrogen-bond donors (Lipinski definition) is 1. The number of halogens is 1. The molecule has 1 aromatic carbocycles. The average Bonchev–Trinajstić information content (AvgIpc) is 2.52. The van der Waals surface area contributed by atoms with Crippen molar-refractivity contribution in [3.8, 4) is 5.75 Å². The van der Waals surface area contributed by atoms with Crippen molar-refractivity contribution in [2.24, 2.45) is 0 Å². The van der Waals surface area contributed by atoms with Crippen molar-refractivity contribution in [3.05, 3.63) is 28.7 Å². The molecule has 6 heteroatoms. The normalized spacial score (nSPS) is 11.9. The van der Waals surface area contributed by atoms with Crippen LogP contribution in [0.25, 0.3) is 0 Å². The van der Waals surface area contributed by atoms with Gasteiger partial charge in [-0.25, -0.2) is 4.79 Å². The van der Waals surface area contributed by atoms with Crippen LogP contribution in [0.5, 0.6) is 5.75 Å². The lowest BCUT2D eigenvalue weighted by Gasteiger charge is -2.16. The lowest BCUT2D eigenvalue weighted by molar-refractivity contribution is -0.154. The smallest absolute Gasteiger partial charge is 0.347 e. The van der Waals surface area contributed by atoms with Crippen LogP contribution >= 0.6 is 15.9 Å². The Morgan fingerprint density at radius 2 is 1.77 bits per heavy atom. The Bertz CT molecular complexity index is 485. The molecule has 1 N–H and O–H groups in total. The van der Waals surface area contributed by atoms with Crippen molar-refractivity contribution in [2.45, 2.75) is 45.8 Å². The minimum Gasteiger partial charge on any atom is -0.479 e. The summed E-state index contributed by atoms with van der Waals surface area (Å²) >= 11 is 3.32. The minimum absolute atomic E-state index is 0.114. The fourth-order valence-electron chi connectivity index (χ4n) is 1.78. The van der Waals surface area contributed by atoms with E-state index in [1.165, 1.54) is 0 Å². The fraction of sp³-hybridized carbons (Fsp3) is 0.500. The van der Waals surface area contributed by atoms with Gasteiger partial charge < -0.3 is 14.8 Å². The van der Waals surface area contributed by atoms with Crippen LogP contribution in [0.1, 0.15) is 33.6 Å². The lowest BCUT2D eigenvalue weighted by atomic mass is 10.2. The van der Waals surface area contributed by atoms with Crippen molar-refractivity contribution in [1.82, 2.24) is 5.32 Å². The average molecular weight is 372 g/mol. The topological polar surface area (TPSA) is 64.6 Å². The van der Waals surface area contributed by atoms with Crippen LogP contribution in [0.4, 0.5) is 0 Å². The molecule has 0 saturated carbocycles. The van der Waals surface area contributed by atoms with E-state index in [1.807, 2.05) is 26.0 Å². The number of hydrogen-bond acceptors (Lipinski definition) is 4. The molecule has 1 aromatic rings. The molecule has 1 atom stereocenters. The van der Waals surface area contributed by atoms with E-state index in [2.05, 4.69) is 21.2 Å². The molecule has 0 radical (unpaired) electrons. The molecular weight excluding hydrogens is 350 g/mol. The molecule has 0 bridgehead atoms. The van der Waals surface area contributed by atoms with E-state index in [1.54, 1.807) is 19.1 Å². The van der Waals surface area contributed by atoms with Crippen molar-refractivity contribution in [1.29, 1.82) is 0 Å². The summed E-state index contributed by atoms with van der Waals surface area (Å²) in [6.07, 6.45) is 0.917. The lowest BCUT2D eigenvalue weighted by Crippen LogP contribution is -2.38. The van der Waals surface area contributed by atoms with E-state index in [9.17, 15) is 9.59 Å². The monoisotopic (exact) mass is 371 g/mol. The molecule has 1 rings (SSSR count). The molecule has 0 unspecified atom stereocenters. The Hall–Kier alpha value is -1.56. The summed E-state index contributed by atoms with van der Waals surface area (Å²) in [5.41, 5.74) is 0. The standard InChI is InChI=1S/C16H22BrNO4/c1-4-13(5-2)18-15(19)10-21-16(20)11(3)22-14-8-6-12(17)7-9-14/h6-9,11,13H,4-5,10H2,1-3H3,(H,18,19)/t11-/m0/s1. The molecule has 122 valence electrons. The Kier molecular flexibility index (Phi) is 7.95. The van der Waals surface area contributed by atoms with E-state index in [0.717, 1.165) is 17.3 Å².